The van der Waals surface area contributed by atoms with Gasteiger partial charge in [0.2, 0.25) is 0 Å². The van der Waals surface area contributed by atoms with Crippen molar-refractivity contribution >= 4 is 17.9 Å². The van der Waals surface area contributed by atoms with E-state index in [1.807, 2.05) is 13.8 Å². The third-order valence-electron chi connectivity index (χ3n) is 3.94. The third kappa shape index (κ3) is 7.62. The van der Waals surface area contributed by atoms with E-state index in [0.29, 0.717) is 51.7 Å². The lowest BCUT2D eigenvalue weighted by atomic mass is 9.82. The van der Waals surface area contributed by atoms with Crippen molar-refractivity contribution in [1.82, 2.24) is 0 Å². The van der Waals surface area contributed by atoms with Gasteiger partial charge in [0, 0.05) is 6.08 Å². The Kier molecular flexibility index (Phi) is 9.12. The maximum atomic E-state index is 12.0. The van der Waals surface area contributed by atoms with Gasteiger partial charge in [0.1, 0.15) is 0 Å². The first-order valence-electron chi connectivity index (χ1n) is 8.60. The number of unbranched alkanes of at least 4 members (excludes halogenated alkanes) is 1. The number of rotatable bonds is 9. The van der Waals surface area contributed by atoms with Crippen LogP contribution in [0.15, 0.2) is 12.7 Å². The lowest BCUT2D eigenvalue weighted by Crippen LogP contribution is -2.29. The van der Waals surface area contributed by atoms with E-state index in [1.165, 1.54) is 0 Å². The predicted octanol–water partition coefficient (Wildman–Crippen LogP) is 2.80. The minimum atomic E-state index is -0.445. The maximum Gasteiger partial charge on any atom is 0.330 e. The van der Waals surface area contributed by atoms with Crippen LogP contribution in [0.25, 0.3) is 0 Å². The van der Waals surface area contributed by atoms with Gasteiger partial charge in [-0.1, -0.05) is 6.58 Å². The number of carbonyl (C=O) groups is 3. The summed E-state index contributed by atoms with van der Waals surface area (Å²) in [7, 11) is 0. The van der Waals surface area contributed by atoms with Crippen molar-refractivity contribution in [2.24, 2.45) is 11.8 Å². The topological polar surface area (TPSA) is 78.9 Å². The second-order valence-corrected chi connectivity index (χ2v) is 6.28. The summed E-state index contributed by atoms with van der Waals surface area (Å²) < 4.78 is 15.3. The lowest BCUT2D eigenvalue weighted by Gasteiger charge is -2.26. The number of ether oxygens (including phenoxy) is 3. The Hall–Kier alpha value is -1.85. The van der Waals surface area contributed by atoms with Crippen LogP contribution < -0.4 is 0 Å². The molecule has 0 N–H and O–H groups in total. The Morgan fingerprint density at radius 3 is 1.96 bits per heavy atom. The molecule has 1 rings (SSSR count). The molecule has 0 aromatic rings. The summed E-state index contributed by atoms with van der Waals surface area (Å²) in [4.78, 5) is 34.7. The predicted molar refractivity (Wildman–Crippen MR) is 88.0 cm³/mol. The largest absolute Gasteiger partial charge is 0.465 e. The van der Waals surface area contributed by atoms with E-state index < -0.39 is 5.97 Å². The van der Waals surface area contributed by atoms with E-state index in [9.17, 15) is 14.4 Å². The van der Waals surface area contributed by atoms with Gasteiger partial charge in [-0.3, -0.25) is 9.59 Å². The number of esters is 3. The average Bonchev–Trinajstić information content (AvgIpc) is 2.56. The molecule has 0 aromatic heterocycles. The Morgan fingerprint density at radius 2 is 1.46 bits per heavy atom. The van der Waals surface area contributed by atoms with Crippen molar-refractivity contribution in [1.29, 1.82) is 0 Å². The van der Waals surface area contributed by atoms with E-state index >= 15 is 0 Å². The molecule has 0 atom stereocenters. The lowest BCUT2D eigenvalue weighted by molar-refractivity contribution is -0.157. The van der Waals surface area contributed by atoms with Gasteiger partial charge in [0.25, 0.3) is 0 Å². The fourth-order valence-corrected chi connectivity index (χ4v) is 2.62. The van der Waals surface area contributed by atoms with Gasteiger partial charge in [-0.2, -0.15) is 0 Å². The summed E-state index contributed by atoms with van der Waals surface area (Å²) in [5, 5.41) is 0. The van der Waals surface area contributed by atoms with Crippen molar-refractivity contribution in [2.45, 2.75) is 58.5 Å². The highest BCUT2D eigenvalue weighted by Gasteiger charge is 2.31. The third-order valence-corrected chi connectivity index (χ3v) is 3.94. The van der Waals surface area contributed by atoms with Crippen molar-refractivity contribution in [3.63, 3.8) is 0 Å². The summed E-state index contributed by atoms with van der Waals surface area (Å²) in [6.07, 6.45) is 4.96. The van der Waals surface area contributed by atoms with Crippen LogP contribution in [-0.2, 0) is 28.6 Å². The van der Waals surface area contributed by atoms with E-state index in [-0.39, 0.29) is 29.9 Å². The molecule has 1 aliphatic carbocycles. The second kappa shape index (κ2) is 10.8. The van der Waals surface area contributed by atoms with Crippen LogP contribution in [0, 0.1) is 11.8 Å². The first-order valence-corrected chi connectivity index (χ1v) is 8.60. The molecule has 1 aliphatic rings. The summed E-state index contributed by atoms with van der Waals surface area (Å²) >= 11 is 0. The minimum absolute atomic E-state index is 0.101. The average molecular weight is 340 g/mol. The van der Waals surface area contributed by atoms with Gasteiger partial charge in [-0.25, -0.2) is 4.79 Å². The van der Waals surface area contributed by atoms with Crippen LogP contribution in [0.5, 0.6) is 0 Å². The van der Waals surface area contributed by atoms with Crippen molar-refractivity contribution in [3.8, 4) is 0 Å². The van der Waals surface area contributed by atoms with Crippen molar-refractivity contribution in [3.05, 3.63) is 12.7 Å². The Labute approximate surface area is 143 Å². The number of hydrogen-bond donors (Lipinski definition) is 0. The molecule has 0 heterocycles. The monoisotopic (exact) mass is 340 g/mol. The highest BCUT2D eigenvalue weighted by molar-refractivity contribution is 5.81. The van der Waals surface area contributed by atoms with Crippen LogP contribution in [0.1, 0.15) is 52.4 Å². The zero-order valence-electron chi connectivity index (χ0n) is 14.6. The molecule has 0 amide bonds. The molecule has 1 saturated carbocycles. The van der Waals surface area contributed by atoms with E-state index in [4.69, 9.17) is 14.2 Å². The fourth-order valence-electron chi connectivity index (χ4n) is 2.62. The molecule has 0 aliphatic heterocycles. The molecule has 0 unspecified atom stereocenters. The molecule has 0 radical (unpaired) electrons. The van der Waals surface area contributed by atoms with Crippen LogP contribution >= 0.6 is 0 Å². The van der Waals surface area contributed by atoms with Gasteiger partial charge in [0.15, 0.2) is 0 Å². The summed E-state index contributed by atoms with van der Waals surface area (Å²) in [5.74, 6) is -1.04. The smallest absolute Gasteiger partial charge is 0.330 e. The van der Waals surface area contributed by atoms with E-state index in [2.05, 4.69) is 6.58 Å². The Balaban J connectivity index is 2.14. The highest BCUT2D eigenvalue weighted by atomic mass is 16.5. The first-order chi connectivity index (χ1) is 11.4. The Bertz CT molecular complexity index is 435. The van der Waals surface area contributed by atoms with Gasteiger partial charge in [0.05, 0.1) is 31.2 Å². The number of carbonyl (C=O) groups excluding carboxylic acids is 3. The van der Waals surface area contributed by atoms with Crippen LogP contribution in [-0.4, -0.2) is 37.2 Å². The molecule has 0 aromatic carbocycles. The molecule has 0 bridgehead atoms. The molecule has 24 heavy (non-hydrogen) atoms. The minimum Gasteiger partial charge on any atom is -0.465 e. The van der Waals surface area contributed by atoms with E-state index in [1.54, 1.807) is 0 Å². The fraction of sp³-hybridized carbons (Fsp3) is 0.722. The van der Waals surface area contributed by atoms with Crippen LogP contribution in [0.2, 0.25) is 0 Å². The van der Waals surface area contributed by atoms with Gasteiger partial charge >= 0.3 is 17.9 Å². The molecule has 6 heteroatoms. The van der Waals surface area contributed by atoms with Gasteiger partial charge in [-0.05, 0) is 52.4 Å². The van der Waals surface area contributed by atoms with Crippen LogP contribution in [0.3, 0.4) is 0 Å². The summed E-state index contributed by atoms with van der Waals surface area (Å²) in [6, 6.07) is 0. The van der Waals surface area contributed by atoms with Crippen molar-refractivity contribution in [2.75, 3.05) is 13.2 Å². The normalized spacial score (nSPS) is 20.3. The Morgan fingerprint density at radius 1 is 0.958 bits per heavy atom. The second-order valence-electron chi connectivity index (χ2n) is 6.28. The summed E-state index contributed by atoms with van der Waals surface area (Å²) in [5.41, 5.74) is 0. The number of hydrogen-bond acceptors (Lipinski definition) is 6. The molecule has 1 fully saturated rings. The molecular formula is C18H28O6. The summed E-state index contributed by atoms with van der Waals surface area (Å²) in [6.45, 7) is 7.59. The maximum absolute atomic E-state index is 12.0. The quantitative estimate of drug-likeness (QED) is 0.278. The van der Waals surface area contributed by atoms with Gasteiger partial charge in [-0.15, -0.1) is 0 Å². The van der Waals surface area contributed by atoms with E-state index in [0.717, 1.165) is 6.08 Å². The first kappa shape index (κ1) is 20.2. The molecular weight excluding hydrogens is 312 g/mol. The molecule has 6 nitrogen and oxygen atoms in total. The molecule has 136 valence electrons. The zero-order valence-corrected chi connectivity index (χ0v) is 14.6. The molecule has 0 saturated heterocycles. The van der Waals surface area contributed by atoms with Gasteiger partial charge < -0.3 is 14.2 Å². The zero-order chi connectivity index (χ0) is 17.9. The SMILES string of the molecule is C=CC(=O)OCCCCOC(=O)C1CCC(C(=O)OC(C)C)CC1. The van der Waals surface area contributed by atoms with Crippen LogP contribution in [0.4, 0.5) is 0 Å². The highest BCUT2D eigenvalue weighted by Crippen LogP contribution is 2.30. The van der Waals surface area contributed by atoms with Crippen molar-refractivity contribution < 1.29 is 28.6 Å². The standard InChI is InChI=1S/C18H28O6/c1-4-16(19)22-11-5-6-12-23-17(20)14-7-9-15(10-8-14)18(21)24-13(2)3/h4,13-15H,1,5-12H2,2-3H3. The molecule has 0 spiro atoms.